The third-order valence-corrected chi connectivity index (χ3v) is 4.43. The molecule has 1 aliphatic heterocycles. The lowest BCUT2D eigenvalue weighted by molar-refractivity contribution is 0.300. The number of hydrogen-bond acceptors (Lipinski definition) is 3. The molecular weight excluding hydrogens is 302 g/mol. The Labute approximate surface area is 124 Å². The fourth-order valence-electron chi connectivity index (χ4n) is 3.03. The van der Waals surface area contributed by atoms with Crippen LogP contribution in [0.4, 0.5) is 5.69 Å². The van der Waals surface area contributed by atoms with Gasteiger partial charge in [-0.05, 0) is 54.0 Å². The Balaban J connectivity index is 2.29. The predicted molar refractivity (Wildman–Crippen MR) is 85.6 cm³/mol. The Hall–Kier alpha value is -0.580. The summed E-state index contributed by atoms with van der Waals surface area (Å²) >= 11 is 3.68. The van der Waals surface area contributed by atoms with E-state index in [1.54, 1.807) is 0 Å². The molecule has 1 aromatic carbocycles. The summed E-state index contributed by atoms with van der Waals surface area (Å²) in [7, 11) is 2.21. The van der Waals surface area contributed by atoms with Gasteiger partial charge in [0, 0.05) is 30.1 Å². The molecule has 19 heavy (non-hydrogen) atoms. The highest BCUT2D eigenvalue weighted by molar-refractivity contribution is 9.10. The molecule has 1 fully saturated rings. The lowest BCUT2D eigenvalue weighted by Gasteiger charge is -2.34. The molecule has 0 bridgehead atoms. The smallest absolute Gasteiger partial charge is 0.0513 e. The lowest BCUT2D eigenvalue weighted by atomic mass is 10.1. The minimum atomic E-state index is 0.499. The Kier molecular flexibility index (Phi) is 5.25. The molecule has 2 atom stereocenters. The number of rotatable bonds is 3. The van der Waals surface area contributed by atoms with Gasteiger partial charge in [0.1, 0.15) is 0 Å². The van der Waals surface area contributed by atoms with Crippen LogP contribution < -0.4 is 10.6 Å². The fourth-order valence-corrected chi connectivity index (χ4v) is 3.54. The number of para-hydroxylation sites is 1. The number of anilines is 1. The van der Waals surface area contributed by atoms with Crippen molar-refractivity contribution < 1.29 is 0 Å². The summed E-state index contributed by atoms with van der Waals surface area (Å²) in [6.07, 6.45) is 1.04. The molecule has 4 heteroatoms. The highest BCUT2D eigenvalue weighted by Crippen LogP contribution is 2.30. The van der Waals surface area contributed by atoms with Crippen molar-refractivity contribution in [3.05, 3.63) is 28.7 Å². The molecule has 0 radical (unpaired) electrons. The maximum atomic E-state index is 5.81. The minimum absolute atomic E-state index is 0.499. The van der Waals surface area contributed by atoms with Gasteiger partial charge in [-0.2, -0.15) is 0 Å². The molecule has 0 saturated carbocycles. The maximum Gasteiger partial charge on any atom is 0.0513 e. The second-order valence-electron chi connectivity index (χ2n) is 5.66. The number of benzene rings is 1. The van der Waals surface area contributed by atoms with Crippen molar-refractivity contribution in [1.29, 1.82) is 0 Å². The first-order chi connectivity index (χ1) is 9.11. The first-order valence-corrected chi connectivity index (χ1v) is 7.81. The zero-order chi connectivity index (χ0) is 13.8. The van der Waals surface area contributed by atoms with Crippen LogP contribution in [0.25, 0.3) is 0 Å². The first-order valence-electron chi connectivity index (χ1n) is 7.01. The third kappa shape index (κ3) is 3.71. The Morgan fingerprint density at radius 3 is 2.68 bits per heavy atom. The molecule has 2 unspecified atom stereocenters. The molecule has 3 nitrogen and oxygen atoms in total. The Morgan fingerprint density at radius 1 is 1.26 bits per heavy atom. The van der Waals surface area contributed by atoms with E-state index in [1.165, 1.54) is 10.2 Å². The second-order valence-corrected chi connectivity index (χ2v) is 6.52. The molecule has 2 N–H and O–H groups in total. The van der Waals surface area contributed by atoms with Crippen molar-refractivity contribution in [2.24, 2.45) is 11.7 Å². The minimum Gasteiger partial charge on any atom is -0.366 e. The van der Waals surface area contributed by atoms with E-state index in [0.29, 0.717) is 12.0 Å². The van der Waals surface area contributed by atoms with Gasteiger partial charge in [0.15, 0.2) is 0 Å². The summed E-state index contributed by atoms with van der Waals surface area (Å²) < 4.78 is 1.17. The van der Waals surface area contributed by atoms with E-state index in [9.17, 15) is 0 Å². The average Bonchev–Trinajstić information content (AvgIpc) is 2.49. The van der Waals surface area contributed by atoms with Crippen LogP contribution in [0.2, 0.25) is 0 Å². The average molecular weight is 326 g/mol. The fraction of sp³-hybridized carbons (Fsp3) is 0.600. The molecule has 2 rings (SSSR count). The Morgan fingerprint density at radius 2 is 2.00 bits per heavy atom. The molecule has 0 aliphatic carbocycles. The topological polar surface area (TPSA) is 32.5 Å². The van der Waals surface area contributed by atoms with Crippen molar-refractivity contribution in [2.45, 2.75) is 19.4 Å². The summed E-state index contributed by atoms with van der Waals surface area (Å²) in [4.78, 5) is 4.97. The monoisotopic (exact) mass is 325 g/mol. The first kappa shape index (κ1) is 14.8. The number of nitrogens with two attached hydrogens (primary N) is 1. The van der Waals surface area contributed by atoms with Crippen LogP contribution in [0, 0.1) is 5.92 Å². The molecule has 0 spiro atoms. The highest BCUT2D eigenvalue weighted by atomic mass is 79.9. The van der Waals surface area contributed by atoms with E-state index in [4.69, 9.17) is 5.73 Å². The molecular formula is C15H24BrN3. The van der Waals surface area contributed by atoms with Gasteiger partial charge in [0.2, 0.25) is 0 Å². The summed E-state index contributed by atoms with van der Waals surface area (Å²) in [5.74, 6) is 0.667. The number of halogens is 1. The molecule has 1 saturated heterocycles. The predicted octanol–water partition coefficient (Wildman–Crippen LogP) is 2.55. The summed E-state index contributed by atoms with van der Waals surface area (Å²) in [5, 5.41) is 0. The van der Waals surface area contributed by atoms with E-state index in [2.05, 4.69) is 64.0 Å². The lowest BCUT2D eigenvalue weighted by Crippen LogP contribution is -2.42. The zero-order valence-corrected chi connectivity index (χ0v) is 13.4. The van der Waals surface area contributed by atoms with Gasteiger partial charge in [-0.1, -0.05) is 19.1 Å². The third-order valence-electron chi connectivity index (χ3n) is 3.76. The van der Waals surface area contributed by atoms with Crippen molar-refractivity contribution in [2.75, 3.05) is 38.1 Å². The molecule has 1 aliphatic rings. The van der Waals surface area contributed by atoms with Gasteiger partial charge in [-0.25, -0.2) is 0 Å². The standard InChI is InChI=1S/C15H24BrN3/c1-12-9-18(2)11-13(7-8-17)19(10-12)15-6-4-3-5-14(15)16/h3-6,12-13H,7-11,17H2,1-2H3. The van der Waals surface area contributed by atoms with Gasteiger partial charge in [-0.15, -0.1) is 0 Å². The maximum absolute atomic E-state index is 5.81. The largest absolute Gasteiger partial charge is 0.366 e. The molecule has 106 valence electrons. The van der Waals surface area contributed by atoms with Crippen LogP contribution in [0.3, 0.4) is 0 Å². The van der Waals surface area contributed by atoms with E-state index in [0.717, 1.165) is 32.6 Å². The van der Waals surface area contributed by atoms with E-state index < -0.39 is 0 Å². The number of nitrogens with zero attached hydrogens (tertiary/aromatic N) is 2. The van der Waals surface area contributed by atoms with Crippen LogP contribution in [-0.2, 0) is 0 Å². The molecule has 0 amide bonds. The van der Waals surface area contributed by atoms with Crippen molar-refractivity contribution in [3.63, 3.8) is 0 Å². The van der Waals surface area contributed by atoms with Crippen LogP contribution in [0.1, 0.15) is 13.3 Å². The summed E-state index contributed by atoms with van der Waals surface area (Å²) in [6.45, 7) is 6.40. The van der Waals surface area contributed by atoms with Gasteiger partial charge < -0.3 is 15.5 Å². The second kappa shape index (κ2) is 6.73. The van der Waals surface area contributed by atoms with Crippen molar-refractivity contribution in [1.82, 2.24) is 4.90 Å². The van der Waals surface area contributed by atoms with Gasteiger partial charge >= 0.3 is 0 Å². The van der Waals surface area contributed by atoms with Gasteiger partial charge in [0.25, 0.3) is 0 Å². The number of hydrogen-bond donors (Lipinski definition) is 1. The highest BCUT2D eigenvalue weighted by Gasteiger charge is 2.27. The SMILES string of the molecule is CC1CN(C)CC(CCN)N(c2ccccc2Br)C1. The molecule has 1 heterocycles. The van der Waals surface area contributed by atoms with Crippen LogP contribution in [0.5, 0.6) is 0 Å². The van der Waals surface area contributed by atoms with E-state index in [1.807, 2.05) is 0 Å². The van der Waals surface area contributed by atoms with Crippen LogP contribution in [-0.4, -0.2) is 44.2 Å². The van der Waals surface area contributed by atoms with Crippen LogP contribution >= 0.6 is 15.9 Å². The summed E-state index contributed by atoms with van der Waals surface area (Å²) in [6, 6.07) is 9.00. The van der Waals surface area contributed by atoms with E-state index in [-0.39, 0.29) is 0 Å². The molecule has 1 aromatic rings. The van der Waals surface area contributed by atoms with Crippen molar-refractivity contribution >= 4 is 21.6 Å². The quantitative estimate of drug-likeness (QED) is 0.927. The zero-order valence-electron chi connectivity index (χ0n) is 11.8. The van der Waals surface area contributed by atoms with E-state index >= 15 is 0 Å². The van der Waals surface area contributed by atoms with Gasteiger partial charge in [0.05, 0.1) is 5.69 Å². The Bertz CT molecular complexity index is 410. The molecule has 0 aromatic heterocycles. The number of likely N-dealkylation sites (N-methyl/N-ethyl adjacent to an activating group) is 1. The van der Waals surface area contributed by atoms with Crippen molar-refractivity contribution in [3.8, 4) is 0 Å². The summed E-state index contributed by atoms with van der Waals surface area (Å²) in [5.41, 5.74) is 7.11. The van der Waals surface area contributed by atoms with Crippen LogP contribution in [0.15, 0.2) is 28.7 Å². The van der Waals surface area contributed by atoms with Gasteiger partial charge in [-0.3, -0.25) is 0 Å². The normalized spacial score (nSPS) is 25.4.